The summed E-state index contributed by atoms with van der Waals surface area (Å²) < 4.78 is 0. The molecule has 0 unspecified atom stereocenters. The molecule has 0 fully saturated rings. The molecule has 0 aliphatic rings. The Hall–Kier alpha value is -1.35. The summed E-state index contributed by atoms with van der Waals surface area (Å²) in [5.74, 6) is -0.374. The number of aryl methyl sites for hydroxylation is 1. The fourth-order valence-electron chi connectivity index (χ4n) is 1.99. The third-order valence-electron chi connectivity index (χ3n) is 3.39. The van der Waals surface area contributed by atoms with E-state index in [4.69, 9.17) is 0 Å². The highest BCUT2D eigenvalue weighted by molar-refractivity contribution is 5.81. The second-order valence-electron chi connectivity index (χ2n) is 5.32. The topological polar surface area (TPSA) is 35.5 Å². The molecule has 3 nitrogen and oxygen atoms in total. The van der Waals surface area contributed by atoms with Gasteiger partial charge in [0, 0.05) is 0 Å². The lowest BCUT2D eigenvalue weighted by molar-refractivity contribution is -0.259. The Bertz CT molecular complexity index is 410. The van der Waals surface area contributed by atoms with E-state index >= 15 is 0 Å². The van der Waals surface area contributed by atoms with Crippen LogP contribution in [0.15, 0.2) is 24.3 Å². The SMILES string of the molecule is CCCCCc1cccc(C(C)(C)C(=O)OOC)c1. The van der Waals surface area contributed by atoms with Crippen molar-refractivity contribution in [2.75, 3.05) is 7.11 Å². The molecule has 0 bridgehead atoms. The molecule has 0 saturated carbocycles. The Morgan fingerprint density at radius 2 is 2.00 bits per heavy atom. The molecule has 0 aliphatic heterocycles. The molecule has 0 spiro atoms. The molecule has 0 aliphatic carbocycles. The lowest BCUT2D eigenvalue weighted by Crippen LogP contribution is -2.31. The summed E-state index contributed by atoms with van der Waals surface area (Å²) in [5.41, 5.74) is 1.53. The van der Waals surface area contributed by atoms with Crippen LogP contribution in [0.25, 0.3) is 0 Å². The van der Waals surface area contributed by atoms with Crippen LogP contribution in [0, 0.1) is 0 Å². The second kappa shape index (κ2) is 7.29. The Kier molecular flexibility index (Phi) is 6.03. The number of carbonyl (C=O) groups is 1. The van der Waals surface area contributed by atoms with E-state index in [9.17, 15) is 4.79 Å². The maximum absolute atomic E-state index is 11.9. The lowest BCUT2D eigenvalue weighted by Gasteiger charge is -2.22. The first-order valence-electron chi connectivity index (χ1n) is 6.87. The molecule has 1 rings (SSSR count). The van der Waals surface area contributed by atoms with Crippen LogP contribution in [-0.2, 0) is 26.4 Å². The third kappa shape index (κ3) is 4.35. The zero-order chi connectivity index (χ0) is 14.3. The molecule has 0 N–H and O–H groups in total. The zero-order valence-electron chi connectivity index (χ0n) is 12.4. The van der Waals surface area contributed by atoms with Gasteiger partial charge in [-0.2, -0.15) is 4.89 Å². The molecule has 3 heteroatoms. The van der Waals surface area contributed by atoms with Crippen LogP contribution in [0.1, 0.15) is 51.2 Å². The number of benzene rings is 1. The summed E-state index contributed by atoms with van der Waals surface area (Å²) in [6.45, 7) is 5.89. The van der Waals surface area contributed by atoms with Gasteiger partial charge in [0.15, 0.2) is 0 Å². The van der Waals surface area contributed by atoms with Gasteiger partial charge >= 0.3 is 5.97 Å². The molecule has 0 radical (unpaired) electrons. The minimum absolute atomic E-state index is 0.374. The van der Waals surface area contributed by atoms with Gasteiger partial charge in [-0.25, -0.2) is 4.79 Å². The minimum Gasteiger partial charge on any atom is -0.298 e. The molecular weight excluding hydrogens is 240 g/mol. The molecule has 0 heterocycles. The molecular formula is C16H24O3. The van der Waals surface area contributed by atoms with Crippen molar-refractivity contribution in [2.24, 2.45) is 0 Å². The average molecular weight is 264 g/mol. The molecule has 0 aromatic heterocycles. The van der Waals surface area contributed by atoms with Gasteiger partial charge in [0.1, 0.15) is 0 Å². The number of hydrogen-bond acceptors (Lipinski definition) is 3. The van der Waals surface area contributed by atoms with E-state index in [2.05, 4.69) is 28.8 Å². The molecule has 1 aromatic rings. The summed E-state index contributed by atoms with van der Waals surface area (Å²) in [6.07, 6.45) is 4.69. The van der Waals surface area contributed by atoms with Crippen LogP contribution in [-0.4, -0.2) is 13.1 Å². The van der Waals surface area contributed by atoms with Gasteiger partial charge in [0.25, 0.3) is 0 Å². The van der Waals surface area contributed by atoms with Crippen LogP contribution in [0.5, 0.6) is 0 Å². The van der Waals surface area contributed by atoms with E-state index in [1.807, 2.05) is 26.0 Å². The summed E-state index contributed by atoms with van der Waals surface area (Å²) in [6, 6.07) is 8.15. The number of rotatable bonds is 7. The predicted octanol–water partition coefficient (Wildman–Crippen LogP) is 3.80. The Labute approximate surface area is 115 Å². The van der Waals surface area contributed by atoms with E-state index in [0.29, 0.717) is 0 Å². The standard InChI is InChI=1S/C16H24O3/c1-5-6-7-9-13-10-8-11-14(12-13)16(2,3)15(17)19-18-4/h8,10-12H,5-7,9H2,1-4H3. The quantitative estimate of drug-likeness (QED) is 0.427. The van der Waals surface area contributed by atoms with E-state index in [1.165, 1.54) is 31.9 Å². The highest BCUT2D eigenvalue weighted by Crippen LogP contribution is 2.26. The summed E-state index contributed by atoms with van der Waals surface area (Å²) in [4.78, 5) is 21.0. The molecule has 1 aromatic carbocycles. The van der Waals surface area contributed by atoms with Crippen molar-refractivity contribution in [3.63, 3.8) is 0 Å². The van der Waals surface area contributed by atoms with E-state index in [1.54, 1.807) is 0 Å². The summed E-state index contributed by atoms with van der Waals surface area (Å²) in [7, 11) is 1.34. The van der Waals surface area contributed by atoms with Gasteiger partial charge in [-0.05, 0) is 37.8 Å². The Morgan fingerprint density at radius 1 is 1.26 bits per heavy atom. The van der Waals surface area contributed by atoms with E-state index < -0.39 is 5.41 Å². The van der Waals surface area contributed by atoms with Gasteiger partial charge in [0.05, 0.1) is 12.5 Å². The molecule has 0 atom stereocenters. The maximum Gasteiger partial charge on any atom is 0.352 e. The van der Waals surface area contributed by atoms with Crippen molar-refractivity contribution >= 4 is 5.97 Å². The second-order valence-corrected chi connectivity index (χ2v) is 5.32. The highest BCUT2D eigenvalue weighted by Gasteiger charge is 2.32. The van der Waals surface area contributed by atoms with Gasteiger partial charge in [0.2, 0.25) is 0 Å². The third-order valence-corrected chi connectivity index (χ3v) is 3.39. The van der Waals surface area contributed by atoms with Crippen LogP contribution in [0.4, 0.5) is 0 Å². The highest BCUT2D eigenvalue weighted by atomic mass is 17.2. The fraction of sp³-hybridized carbons (Fsp3) is 0.562. The normalized spacial score (nSPS) is 11.4. The van der Waals surface area contributed by atoms with Crippen LogP contribution < -0.4 is 0 Å². The average Bonchev–Trinajstić information content (AvgIpc) is 2.39. The number of carbonyl (C=O) groups excluding carboxylic acids is 1. The Morgan fingerprint density at radius 3 is 2.63 bits per heavy atom. The van der Waals surface area contributed by atoms with Crippen molar-refractivity contribution < 1.29 is 14.6 Å². The van der Waals surface area contributed by atoms with Crippen LogP contribution in [0.3, 0.4) is 0 Å². The van der Waals surface area contributed by atoms with Gasteiger partial charge in [-0.3, -0.25) is 4.89 Å². The number of hydrogen-bond donors (Lipinski definition) is 0. The lowest BCUT2D eigenvalue weighted by atomic mass is 9.83. The molecule has 0 saturated heterocycles. The van der Waals surface area contributed by atoms with Crippen molar-refractivity contribution in [2.45, 2.75) is 51.9 Å². The first-order chi connectivity index (χ1) is 9.02. The smallest absolute Gasteiger partial charge is 0.298 e. The summed E-state index contributed by atoms with van der Waals surface area (Å²) in [5, 5.41) is 0. The van der Waals surface area contributed by atoms with Gasteiger partial charge in [-0.15, -0.1) is 0 Å². The van der Waals surface area contributed by atoms with Crippen molar-refractivity contribution in [3.8, 4) is 0 Å². The molecule has 19 heavy (non-hydrogen) atoms. The largest absolute Gasteiger partial charge is 0.352 e. The fourth-order valence-corrected chi connectivity index (χ4v) is 1.99. The van der Waals surface area contributed by atoms with Crippen molar-refractivity contribution in [1.82, 2.24) is 0 Å². The van der Waals surface area contributed by atoms with E-state index in [0.717, 1.165) is 12.0 Å². The zero-order valence-corrected chi connectivity index (χ0v) is 12.4. The van der Waals surface area contributed by atoms with Gasteiger partial charge in [-0.1, -0.05) is 44.0 Å². The monoisotopic (exact) mass is 264 g/mol. The van der Waals surface area contributed by atoms with Crippen molar-refractivity contribution in [3.05, 3.63) is 35.4 Å². The summed E-state index contributed by atoms with van der Waals surface area (Å²) >= 11 is 0. The molecule has 0 amide bonds. The molecule has 106 valence electrons. The Balaban J connectivity index is 2.82. The minimum atomic E-state index is -0.698. The van der Waals surface area contributed by atoms with Crippen LogP contribution in [0.2, 0.25) is 0 Å². The van der Waals surface area contributed by atoms with E-state index in [-0.39, 0.29) is 5.97 Å². The van der Waals surface area contributed by atoms with Crippen LogP contribution >= 0.6 is 0 Å². The number of unbranched alkanes of at least 4 members (excludes halogenated alkanes) is 2. The predicted molar refractivity (Wildman–Crippen MR) is 75.8 cm³/mol. The maximum atomic E-state index is 11.9. The first kappa shape index (κ1) is 15.7. The van der Waals surface area contributed by atoms with Crippen molar-refractivity contribution in [1.29, 1.82) is 0 Å². The first-order valence-corrected chi connectivity index (χ1v) is 6.87. The van der Waals surface area contributed by atoms with Gasteiger partial charge < -0.3 is 0 Å².